The zero-order valence-electron chi connectivity index (χ0n) is 71.6. The van der Waals surface area contributed by atoms with Gasteiger partial charge in [-0.05, 0) is 193 Å². The molecule has 9 aromatic heterocycles. The minimum absolute atomic E-state index is 0.00473. The average molecular weight is 1840 g/mol. The summed E-state index contributed by atoms with van der Waals surface area (Å²) in [5, 5.41) is 14.8. The highest BCUT2D eigenvalue weighted by Gasteiger charge is 2.36. The Morgan fingerprint density at radius 2 is 0.797 bits per heavy atom. The van der Waals surface area contributed by atoms with Crippen LogP contribution < -0.4 is 0 Å². The third-order valence-corrected chi connectivity index (χ3v) is 26.9. The van der Waals surface area contributed by atoms with Crippen molar-refractivity contribution in [1.29, 1.82) is 0 Å². The van der Waals surface area contributed by atoms with Crippen LogP contribution in [0.5, 0.6) is 0 Å². The average Bonchev–Trinajstić information content (AvgIpc) is 1.60. The monoisotopic (exact) mass is 1830 g/mol. The molecular formula is C105H79Cl3F2N16O6S. The summed E-state index contributed by atoms with van der Waals surface area (Å²) in [6.45, 7) is 4.03. The zero-order chi connectivity index (χ0) is 91.5. The van der Waals surface area contributed by atoms with Gasteiger partial charge in [0.25, 0.3) is 23.6 Å². The number of sulfonamides is 1. The van der Waals surface area contributed by atoms with Crippen molar-refractivity contribution in [3.05, 3.63) is 428 Å². The molecule has 0 N–H and O–H groups in total. The smallest absolute Gasteiger partial charge is 0.273 e. The number of halogens is 5. The summed E-state index contributed by atoms with van der Waals surface area (Å²) in [6.07, 6.45) is 21.0. The predicted molar refractivity (Wildman–Crippen MR) is 508 cm³/mol. The molecule has 5 aliphatic rings. The number of amides is 4. The van der Waals surface area contributed by atoms with Gasteiger partial charge in [-0.2, -0.15) is 14.5 Å². The van der Waals surface area contributed by atoms with Gasteiger partial charge in [-0.1, -0.05) is 168 Å². The SMILES string of the molecule is Cn1cc2cc(-c3ccc(CN4Cc5ccccc5S4(=O)=O)c(F)c3)ccc2n1.Cn1ncc2ccc(-c3ccc(CN4Cc5ncccc5C4=O)c(F)c3)cc21.O=C1c2ncccc2CN1Cc1ccc(-c2ccc3cnccc3c2)cc1Cl.O=C1c2ncccc2CN1Cc1ccc(-c2cccnc2)cc1Cl.O=C1c2ncccc2CN1Cc1ccc(-c2ccncc2)cc1Cl. The van der Waals surface area contributed by atoms with Gasteiger partial charge in [0, 0.05) is 206 Å². The van der Waals surface area contributed by atoms with E-state index in [-0.39, 0.29) is 49.1 Å². The van der Waals surface area contributed by atoms with Gasteiger partial charge in [-0.25, -0.2) is 17.2 Å². The topological polar surface area (TPSA) is 244 Å². The summed E-state index contributed by atoms with van der Waals surface area (Å²) in [4.78, 5) is 86.2. The van der Waals surface area contributed by atoms with Crippen LogP contribution in [0.4, 0.5) is 8.78 Å². The molecule has 9 aromatic carbocycles. The normalized spacial score (nSPS) is 13.8. The van der Waals surface area contributed by atoms with Gasteiger partial charge in [0.15, 0.2) is 0 Å². The maximum atomic E-state index is 14.8. The fourth-order valence-electron chi connectivity index (χ4n) is 17.0. The minimum Gasteiger partial charge on any atom is -0.329 e. The van der Waals surface area contributed by atoms with Crippen LogP contribution in [0.3, 0.4) is 0 Å². The van der Waals surface area contributed by atoms with Crippen LogP contribution in [-0.2, 0) is 89.6 Å². The number of rotatable bonds is 15. The molecule has 0 bridgehead atoms. The van der Waals surface area contributed by atoms with Crippen molar-refractivity contribution in [3.8, 4) is 55.6 Å². The van der Waals surface area contributed by atoms with Gasteiger partial charge < -0.3 is 19.6 Å². The van der Waals surface area contributed by atoms with Gasteiger partial charge in [0.05, 0.1) is 39.9 Å². The summed E-state index contributed by atoms with van der Waals surface area (Å²) in [6, 6.07) is 77.5. The molecule has 23 rings (SSSR count). The number of aryl methyl sites for hydroxylation is 2. The van der Waals surface area contributed by atoms with Crippen LogP contribution in [0.25, 0.3) is 88.2 Å². The van der Waals surface area contributed by atoms with Gasteiger partial charge in [0.1, 0.15) is 28.7 Å². The number of carbonyl (C=O) groups excluding carboxylic acids is 4. The molecule has 28 heteroatoms. The molecule has 656 valence electrons. The largest absolute Gasteiger partial charge is 0.329 e. The quantitative estimate of drug-likeness (QED) is 0.0926. The van der Waals surface area contributed by atoms with Gasteiger partial charge >= 0.3 is 0 Å². The lowest BCUT2D eigenvalue weighted by atomic mass is 10.0. The number of aromatic nitrogens is 11. The van der Waals surface area contributed by atoms with Crippen LogP contribution in [0, 0.1) is 11.6 Å². The van der Waals surface area contributed by atoms with Crippen molar-refractivity contribution < 1.29 is 36.4 Å². The highest BCUT2D eigenvalue weighted by molar-refractivity contribution is 7.89. The predicted octanol–water partition coefficient (Wildman–Crippen LogP) is 21.0. The number of hydrogen-bond acceptors (Lipinski definition) is 15. The molecule has 0 radical (unpaired) electrons. The van der Waals surface area contributed by atoms with E-state index >= 15 is 0 Å². The van der Waals surface area contributed by atoms with Gasteiger partial charge in [-0.15, -0.1) is 0 Å². The molecule has 22 nitrogen and oxygen atoms in total. The Balaban J connectivity index is 0.000000107. The molecule has 0 spiro atoms. The second-order valence-corrected chi connectivity index (χ2v) is 35.7. The number of pyridine rings is 7. The lowest BCUT2D eigenvalue weighted by molar-refractivity contribution is 0.0755. The zero-order valence-corrected chi connectivity index (χ0v) is 74.7. The first-order chi connectivity index (χ1) is 64.6. The van der Waals surface area contributed by atoms with Crippen molar-refractivity contribution >= 4 is 101 Å². The number of nitrogens with zero attached hydrogens (tertiary/aromatic N) is 16. The highest BCUT2D eigenvalue weighted by atomic mass is 35.5. The molecular weight excluding hydrogens is 1760 g/mol. The van der Waals surface area contributed by atoms with E-state index < -0.39 is 15.8 Å². The maximum Gasteiger partial charge on any atom is 0.273 e. The molecule has 5 aliphatic heterocycles. The highest BCUT2D eigenvalue weighted by Crippen LogP contribution is 2.38. The van der Waals surface area contributed by atoms with Crippen molar-refractivity contribution in [2.45, 2.75) is 70.3 Å². The Morgan fingerprint density at radius 1 is 0.346 bits per heavy atom. The van der Waals surface area contributed by atoms with E-state index in [2.05, 4.69) is 69.4 Å². The number of benzene rings is 9. The Kier molecular flexibility index (Phi) is 24.7. The summed E-state index contributed by atoms with van der Waals surface area (Å²) in [5.41, 5.74) is 21.7. The first-order valence-corrected chi connectivity index (χ1v) is 45.2. The molecule has 18 aromatic rings. The van der Waals surface area contributed by atoms with E-state index in [1.54, 1.807) is 127 Å². The van der Waals surface area contributed by atoms with Crippen molar-refractivity contribution in [2.24, 2.45) is 14.1 Å². The summed E-state index contributed by atoms with van der Waals surface area (Å²) in [7, 11) is 0.156. The molecule has 0 saturated heterocycles. The second kappa shape index (κ2) is 37.7. The van der Waals surface area contributed by atoms with E-state index in [0.29, 0.717) is 99.5 Å². The van der Waals surface area contributed by atoms with Crippen molar-refractivity contribution in [2.75, 3.05) is 0 Å². The lowest BCUT2D eigenvalue weighted by Gasteiger charge is -2.17. The summed E-state index contributed by atoms with van der Waals surface area (Å²) >= 11 is 19.5. The number of carbonyl (C=O) groups is 4. The third kappa shape index (κ3) is 18.6. The van der Waals surface area contributed by atoms with E-state index in [1.807, 2.05) is 203 Å². The van der Waals surface area contributed by atoms with Crippen LogP contribution in [0.15, 0.2) is 328 Å². The lowest BCUT2D eigenvalue weighted by Crippen LogP contribution is -2.24. The van der Waals surface area contributed by atoms with Crippen molar-refractivity contribution in [1.82, 2.24) is 78.4 Å². The van der Waals surface area contributed by atoms with Crippen LogP contribution >= 0.6 is 34.8 Å². The van der Waals surface area contributed by atoms with Crippen LogP contribution in [-0.4, -0.2) is 110 Å². The van der Waals surface area contributed by atoms with E-state index in [9.17, 15) is 36.4 Å². The minimum atomic E-state index is -3.59. The Morgan fingerprint density at radius 3 is 1.35 bits per heavy atom. The fraction of sp³-hybridized carbons (Fsp3) is 0.114. The Bertz CT molecular complexity index is 7570. The molecule has 0 atom stereocenters. The van der Waals surface area contributed by atoms with Gasteiger partial charge in [-0.3, -0.25) is 63.4 Å². The first kappa shape index (κ1) is 87.1. The molecule has 133 heavy (non-hydrogen) atoms. The van der Waals surface area contributed by atoms with E-state index in [0.717, 1.165) is 133 Å². The standard InChI is InChI=1S/C23H16ClN3O.C22H17FN4O.C22H18FN3O2S.2C19H14ClN3O/c24-21-11-16(15-3-5-18-12-25-9-7-17(18)10-15)4-6-19(21)13-27-14-20-2-1-8-26-22(20)23(27)28;1-26-21-10-15(4-6-16(21)11-25-26)14-5-7-17(19(23)9-14)12-27-13-20-18(22(27)28)3-2-8-24-20;1-25-12-19-10-15(8-9-21(19)24-25)16-6-7-17(20(23)11-16)13-26-14-18-4-2-3-5-22(18)29(26,27)28;20-17-9-13(14-3-1-7-21-10-14)5-6-15(17)11-23-12-16-4-2-8-22-18(16)19(23)24;20-17-10-14(13-5-8-21-9-6-13)3-4-15(17)11-23-12-16-2-1-7-22-18(16)19(23)24/h1-12H,13-14H2;2-11H,12-13H2,1H3;2-12H,13-14H2,1H3;2*1-10H,11-12H2. The molecule has 0 fully saturated rings. The van der Waals surface area contributed by atoms with Crippen molar-refractivity contribution in [3.63, 3.8) is 0 Å². The molecule has 0 aliphatic carbocycles. The van der Waals surface area contributed by atoms with Gasteiger partial charge in [0.2, 0.25) is 10.0 Å². The van der Waals surface area contributed by atoms with Crippen LogP contribution in [0.2, 0.25) is 15.1 Å². The maximum absolute atomic E-state index is 14.8. The Hall–Kier alpha value is -15.3. The summed E-state index contributed by atoms with van der Waals surface area (Å²) in [5.74, 6) is -0.968. The molecule has 14 heterocycles. The third-order valence-electron chi connectivity index (χ3n) is 24.0. The number of hydrogen-bond donors (Lipinski definition) is 0. The summed E-state index contributed by atoms with van der Waals surface area (Å²) < 4.78 is 59.9. The number of fused-ring (bicyclic) bond motifs is 8. The van der Waals surface area contributed by atoms with Crippen LogP contribution in [0.1, 0.15) is 97.6 Å². The van der Waals surface area contributed by atoms with E-state index in [4.69, 9.17) is 34.8 Å². The molecule has 0 unspecified atom stereocenters. The first-order valence-electron chi connectivity index (χ1n) is 42.6. The van der Waals surface area contributed by atoms with E-state index in [1.165, 1.54) is 16.4 Å². The Labute approximate surface area is 778 Å². The fourth-order valence-corrected chi connectivity index (χ4v) is 19.3. The second-order valence-electron chi connectivity index (χ2n) is 32.6. The molecule has 4 amide bonds. The molecule has 0 saturated carbocycles.